The number of furan rings is 1. The third-order valence-corrected chi connectivity index (χ3v) is 6.15. The summed E-state index contributed by atoms with van der Waals surface area (Å²) in [5.74, 6) is 2.30. The van der Waals surface area contributed by atoms with Crippen LogP contribution >= 0.6 is 0 Å². The van der Waals surface area contributed by atoms with Gasteiger partial charge in [-0.25, -0.2) is 13.1 Å². The fraction of sp³-hybridized carbons (Fsp3) is 0.750. The number of hydrogen-bond acceptors (Lipinski definition) is 5. The van der Waals surface area contributed by atoms with Crippen LogP contribution in [0.5, 0.6) is 0 Å². The maximum absolute atomic E-state index is 12.0. The molecule has 6 nitrogen and oxygen atoms in total. The van der Waals surface area contributed by atoms with E-state index in [0.29, 0.717) is 19.0 Å². The molecule has 0 aliphatic carbocycles. The Balaban J connectivity index is 1.73. The molecular formula is C16H26N2O4S. The van der Waals surface area contributed by atoms with E-state index in [1.165, 1.54) is 0 Å². The third-order valence-electron chi connectivity index (χ3n) is 4.72. The van der Waals surface area contributed by atoms with Crippen LogP contribution in [0.25, 0.3) is 0 Å². The van der Waals surface area contributed by atoms with Crippen molar-refractivity contribution >= 4 is 10.0 Å². The number of rotatable bonds is 5. The predicted molar refractivity (Wildman–Crippen MR) is 87.6 cm³/mol. The number of nitrogens with zero attached hydrogens (tertiary/aromatic N) is 1. The van der Waals surface area contributed by atoms with Gasteiger partial charge in [-0.15, -0.1) is 0 Å². The van der Waals surface area contributed by atoms with E-state index in [1.807, 2.05) is 19.1 Å². The molecule has 1 aromatic rings. The smallest absolute Gasteiger partial charge is 0.211 e. The molecule has 2 aliphatic heterocycles. The van der Waals surface area contributed by atoms with Gasteiger partial charge in [0.25, 0.3) is 0 Å². The zero-order valence-corrected chi connectivity index (χ0v) is 14.6. The first-order valence-electron chi connectivity index (χ1n) is 8.36. The van der Waals surface area contributed by atoms with Crippen LogP contribution in [0.3, 0.4) is 0 Å². The van der Waals surface area contributed by atoms with Crippen molar-refractivity contribution in [2.45, 2.75) is 45.4 Å². The summed E-state index contributed by atoms with van der Waals surface area (Å²) in [4.78, 5) is 2.27. The topological polar surface area (TPSA) is 71.8 Å². The zero-order valence-electron chi connectivity index (χ0n) is 13.8. The second kappa shape index (κ2) is 6.93. The minimum absolute atomic E-state index is 0.0142. The molecule has 1 aromatic heterocycles. The highest BCUT2D eigenvalue weighted by atomic mass is 32.2. The van der Waals surface area contributed by atoms with Crippen LogP contribution in [0.2, 0.25) is 0 Å². The standard InChI is InChI=1S/C16H26N2O4S/c1-3-23(19,20)17-15-11-18(10-14-7-6-12(2)22-14)9-13-5-4-8-21-16(13)15/h6-7,13,15-17H,3-5,8-11H2,1-2H3/t13-,15+,16-/m0/s1. The number of aryl methyl sites for hydroxylation is 1. The van der Waals surface area contributed by atoms with Crippen molar-refractivity contribution in [2.24, 2.45) is 5.92 Å². The number of sulfonamides is 1. The van der Waals surface area contributed by atoms with E-state index in [1.54, 1.807) is 6.92 Å². The summed E-state index contributed by atoms with van der Waals surface area (Å²) in [5, 5.41) is 0. The van der Waals surface area contributed by atoms with Crippen LogP contribution in [0.15, 0.2) is 16.5 Å². The lowest BCUT2D eigenvalue weighted by atomic mass is 9.86. The third kappa shape index (κ3) is 4.15. The van der Waals surface area contributed by atoms with E-state index in [-0.39, 0.29) is 17.9 Å². The second-order valence-corrected chi connectivity index (χ2v) is 8.61. The molecule has 0 spiro atoms. The van der Waals surface area contributed by atoms with Gasteiger partial charge in [0.05, 0.1) is 24.4 Å². The minimum Gasteiger partial charge on any atom is -0.465 e. The van der Waals surface area contributed by atoms with Crippen molar-refractivity contribution in [3.8, 4) is 0 Å². The van der Waals surface area contributed by atoms with Gasteiger partial charge < -0.3 is 9.15 Å². The maximum atomic E-state index is 12.0. The predicted octanol–water partition coefficient (Wildman–Crippen LogP) is 1.51. The Bertz CT molecular complexity index is 628. The molecular weight excluding hydrogens is 316 g/mol. The monoisotopic (exact) mass is 342 g/mol. The van der Waals surface area contributed by atoms with E-state index in [2.05, 4.69) is 9.62 Å². The maximum Gasteiger partial charge on any atom is 0.211 e. The number of nitrogens with one attached hydrogen (secondary N) is 1. The highest BCUT2D eigenvalue weighted by Gasteiger charge is 2.40. The number of likely N-dealkylation sites (tertiary alicyclic amines) is 1. The van der Waals surface area contributed by atoms with E-state index in [4.69, 9.17) is 9.15 Å². The summed E-state index contributed by atoms with van der Waals surface area (Å²) < 4.78 is 38.4. The summed E-state index contributed by atoms with van der Waals surface area (Å²) >= 11 is 0. The molecule has 0 unspecified atom stereocenters. The van der Waals surface area contributed by atoms with Crippen molar-refractivity contribution in [3.05, 3.63) is 23.7 Å². The molecule has 0 amide bonds. The summed E-state index contributed by atoms with van der Waals surface area (Å²) in [6.45, 7) is 6.61. The SMILES string of the molecule is CCS(=O)(=O)N[C@@H]1CN(Cc2ccc(C)o2)C[C@@H]2CCCO[C@@H]21. The lowest BCUT2D eigenvalue weighted by molar-refractivity contribution is -0.0831. The van der Waals surface area contributed by atoms with Gasteiger partial charge in [0.2, 0.25) is 10.0 Å². The van der Waals surface area contributed by atoms with Gasteiger partial charge in [0, 0.05) is 19.7 Å². The first-order valence-corrected chi connectivity index (χ1v) is 10.0. The summed E-state index contributed by atoms with van der Waals surface area (Å²) in [6, 6.07) is 3.77. The Kier molecular flexibility index (Phi) is 5.10. The normalized spacial score (nSPS) is 29.4. The Hall–Kier alpha value is -0.890. The van der Waals surface area contributed by atoms with Crippen molar-refractivity contribution in [3.63, 3.8) is 0 Å². The summed E-state index contributed by atoms with van der Waals surface area (Å²) in [6.07, 6.45) is 2.12. The molecule has 2 fully saturated rings. The van der Waals surface area contributed by atoms with Crippen LogP contribution in [0.1, 0.15) is 31.3 Å². The number of ether oxygens (including phenoxy) is 1. The molecule has 2 saturated heterocycles. The lowest BCUT2D eigenvalue weighted by Crippen LogP contribution is -2.60. The van der Waals surface area contributed by atoms with Crippen molar-refractivity contribution in [2.75, 3.05) is 25.4 Å². The van der Waals surface area contributed by atoms with Crippen molar-refractivity contribution < 1.29 is 17.6 Å². The fourth-order valence-electron chi connectivity index (χ4n) is 3.63. The molecule has 2 aliphatic rings. The summed E-state index contributed by atoms with van der Waals surface area (Å²) in [7, 11) is -3.24. The molecule has 0 aromatic carbocycles. The lowest BCUT2D eigenvalue weighted by Gasteiger charge is -2.45. The molecule has 0 saturated carbocycles. The van der Waals surface area contributed by atoms with Gasteiger partial charge in [-0.05, 0) is 44.7 Å². The average molecular weight is 342 g/mol. The Labute approximate surface area is 138 Å². The highest BCUT2D eigenvalue weighted by Crippen LogP contribution is 2.30. The van der Waals surface area contributed by atoms with Crippen LogP contribution in [0, 0.1) is 12.8 Å². The second-order valence-electron chi connectivity index (χ2n) is 6.57. The fourth-order valence-corrected chi connectivity index (χ4v) is 4.47. The molecule has 7 heteroatoms. The molecule has 3 atom stereocenters. The summed E-state index contributed by atoms with van der Waals surface area (Å²) in [5.41, 5.74) is 0. The highest BCUT2D eigenvalue weighted by molar-refractivity contribution is 7.89. The van der Waals surface area contributed by atoms with E-state index < -0.39 is 10.0 Å². The zero-order chi connectivity index (χ0) is 16.4. The van der Waals surface area contributed by atoms with Gasteiger partial charge in [-0.2, -0.15) is 0 Å². The van der Waals surface area contributed by atoms with Crippen LogP contribution in [0.4, 0.5) is 0 Å². The van der Waals surface area contributed by atoms with Crippen LogP contribution in [-0.2, 0) is 21.3 Å². The molecule has 0 radical (unpaired) electrons. The van der Waals surface area contributed by atoms with Crippen LogP contribution < -0.4 is 4.72 Å². The van der Waals surface area contributed by atoms with Gasteiger partial charge in [-0.1, -0.05) is 0 Å². The Morgan fingerprint density at radius 1 is 1.35 bits per heavy atom. The minimum atomic E-state index is -3.24. The number of fused-ring (bicyclic) bond motifs is 1. The first kappa shape index (κ1) is 17.0. The molecule has 130 valence electrons. The van der Waals surface area contributed by atoms with E-state index in [0.717, 1.165) is 37.5 Å². The van der Waals surface area contributed by atoms with Crippen molar-refractivity contribution in [1.82, 2.24) is 9.62 Å². The van der Waals surface area contributed by atoms with Gasteiger partial charge in [-0.3, -0.25) is 4.90 Å². The largest absolute Gasteiger partial charge is 0.465 e. The number of piperidine rings is 1. The first-order chi connectivity index (χ1) is 11.0. The molecule has 3 heterocycles. The van der Waals surface area contributed by atoms with Gasteiger partial charge >= 0.3 is 0 Å². The Morgan fingerprint density at radius 2 is 2.17 bits per heavy atom. The van der Waals surface area contributed by atoms with E-state index in [9.17, 15) is 8.42 Å². The van der Waals surface area contributed by atoms with E-state index >= 15 is 0 Å². The molecule has 23 heavy (non-hydrogen) atoms. The molecule has 3 rings (SSSR count). The quantitative estimate of drug-likeness (QED) is 0.878. The number of hydrogen-bond donors (Lipinski definition) is 1. The van der Waals surface area contributed by atoms with Gasteiger partial charge in [0.15, 0.2) is 0 Å². The molecule has 0 bridgehead atoms. The van der Waals surface area contributed by atoms with Gasteiger partial charge in [0.1, 0.15) is 11.5 Å². The van der Waals surface area contributed by atoms with Crippen molar-refractivity contribution in [1.29, 1.82) is 0 Å². The Morgan fingerprint density at radius 3 is 2.87 bits per heavy atom. The average Bonchev–Trinajstić information content (AvgIpc) is 2.92. The van der Waals surface area contributed by atoms with Crippen LogP contribution in [-0.4, -0.2) is 50.9 Å². The molecule has 1 N–H and O–H groups in total.